The van der Waals surface area contributed by atoms with Crippen LogP contribution in [0.3, 0.4) is 0 Å². The molecule has 4 aromatic carbocycles. The van der Waals surface area contributed by atoms with Gasteiger partial charge in [-0.1, -0.05) is 54.6 Å². The fourth-order valence-corrected chi connectivity index (χ4v) is 4.25. The molecule has 1 heterocycles. The van der Waals surface area contributed by atoms with Crippen molar-refractivity contribution in [2.24, 2.45) is 0 Å². The van der Waals surface area contributed by atoms with Crippen LogP contribution in [-0.4, -0.2) is 19.7 Å². The smallest absolute Gasteiger partial charge is 0.338 e. The largest absolute Gasteiger partial charge is 0.497 e. The van der Waals surface area contributed by atoms with Crippen molar-refractivity contribution in [1.82, 2.24) is 0 Å². The molecule has 0 radical (unpaired) electrons. The first-order valence-electron chi connectivity index (χ1n) is 11.0. The predicted molar refractivity (Wildman–Crippen MR) is 133 cm³/mol. The molecule has 0 aliphatic rings. The molecule has 0 unspecified atom stereocenters. The Morgan fingerprint density at radius 1 is 0.824 bits per heavy atom. The molecular weight excluding hydrogens is 428 g/mol. The van der Waals surface area contributed by atoms with Gasteiger partial charge in [-0.05, 0) is 48.4 Å². The van der Waals surface area contributed by atoms with Crippen molar-refractivity contribution >= 4 is 27.9 Å². The summed E-state index contributed by atoms with van der Waals surface area (Å²) < 4.78 is 17.1. The second-order valence-corrected chi connectivity index (χ2v) is 7.79. The summed E-state index contributed by atoms with van der Waals surface area (Å²) in [5, 5.41) is 0.783. The number of fused-ring (bicyclic) bond motifs is 2. The first-order chi connectivity index (χ1) is 16.6. The molecule has 0 amide bonds. The van der Waals surface area contributed by atoms with Crippen LogP contribution in [0.1, 0.15) is 17.3 Å². The third-order valence-electron chi connectivity index (χ3n) is 5.80. The lowest BCUT2D eigenvalue weighted by Crippen LogP contribution is -2.11. The van der Waals surface area contributed by atoms with Gasteiger partial charge >= 0.3 is 5.97 Å². The van der Waals surface area contributed by atoms with E-state index in [0.717, 1.165) is 11.1 Å². The van der Waals surface area contributed by atoms with Crippen molar-refractivity contribution in [2.75, 3.05) is 13.7 Å². The molecule has 0 saturated carbocycles. The molecule has 34 heavy (non-hydrogen) atoms. The number of ether oxygens (including phenoxy) is 2. The van der Waals surface area contributed by atoms with Crippen LogP contribution in [0.5, 0.6) is 5.75 Å². The highest BCUT2D eigenvalue weighted by Crippen LogP contribution is 2.41. The molecule has 0 aliphatic carbocycles. The van der Waals surface area contributed by atoms with E-state index in [1.165, 1.54) is 0 Å². The Bertz CT molecular complexity index is 1560. The normalized spacial score (nSPS) is 11.0. The van der Waals surface area contributed by atoms with Gasteiger partial charge in [0.05, 0.1) is 30.1 Å². The first kappa shape index (κ1) is 21.5. The maximum atomic E-state index is 13.5. The summed E-state index contributed by atoms with van der Waals surface area (Å²) in [6.07, 6.45) is 0. The number of esters is 1. The number of hydrogen-bond donors (Lipinski definition) is 0. The molecule has 5 aromatic rings. The van der Waals surface area contributed by atoms with Gasteiger partial charge in [0, 0.05) is 11.1 Å². The summed E-state index contributed by atoms with van der Waals surface area (Å²) in [7, 11) is 1.60. The number of benzene rings is 4. The highest BCUT2D eigenvalue weighted by atomic mass is 16.5. The lowest BCUT2D eigenvalue weighted by molar-refractivity contribution is 0.0527. The van der Waals surface area contributed by atoms with Crippen molar-refractivity contribution in [3.05, 3.63) is 101 Å². The van der Waals surface area contributed by atoms with E-state index in [-0.39, 0.29) is 12.0 Å². The predicted octanol–water partition coefficient (Wildman–Crippen LogP) is 6.47. The van der Waals surface area contributed by atoms with Crippen LogP contribution in [0.4, 0.5) is 0 Å². The molecule has 0 saturated heterocycles. The van der Waals surface area contributed by atoms with Crippen LogP contribution < -0.4 is 10.2 Å². The molecule has 0 atom stereocenters. The van der Waals surface area contributed by atoms with Crippen molar-refractivity contribution in [3.63, 3.8) is 0 Å². The minimum atomic E-state index is -0.495. The Morgan fingerprint density at radius 3 is 2.21 bits per heavy atom. The Morgan fingerprint density at radius 2 is 1.50 bits per heavy atom. The first-order valence-corrected chi connectivity index (χ1v) is 11.0. The van der Waals surface area contributed by atoms with E-state index in [4.69, 9.17) is 13.9 Å². The average Bonchev–Trinajstić information content (AvgIpc) is 2.88. The van der Waals surface area contributed by atoms with Crippen LogP contribution >= 0.6 is 0 Å². The van der Waals surface area contributed by atoms with Crippen molar-refractivity contribution in [2.45, 2.75) is 6.92 Å². The highest BCUT2D eigenvalue weighted by Gasteiger charge is 2.25. The Hall–Kier alpha value is -4.38. The van der Waals surface area contributed by atoms with Crippen molar-refractivity contribution < 1.29 is 18.7 Å². The maximum absolute atomic E-state index is 13.5. The number of carbonyl (C=O) groups is 1. The minimum absolute atomic E-state index is 0.197. The van der Waals surface area contributed by atoms with Gasteiger partial charge < -0.3 is 13.9 Å². The second kappa shape index (κ2) is 8.87. The van der Waals surface area contributed by atoms with Crippen LogP contribution in [0, 0.1) is 0 Å². The zero-order valence-electron chi connectivity index (χ0n) is 18.8. The van der Waals surface area contributed by atoms with Gasteiger partial charge in [0.25, 0.3) is 0 Å². The molecule has 0 N–H and O–H groups in total. The van der Waals surface area contributed by atoms with Crippen molar-refractivity contribution in [3.8, 4) is 28.0 Å². The molecule has 0 spiro atoms. The third-order valence-corrected chi connectivity index (χ3v) is 5.80. The number of methoxy groups -OCH3 is 1. The Balaban J connectivity index is 1.99. The van der Waals surface area contributed by atoms with E-state index in [0.29, 0.717) is 44.4 Å². The van der Waals surface area contributed by atoms with Crippen LogP contribution in [0.2, 0.25) is 0 Å². The SMILES string of the molecule is CCOC(=O)c1cc2c(=O)c3ccccc3oc2c(-c2ccc(OC)cc2)c1-c1ccccc1. The molecule has 5 heteroatoms. The van der Waals surface area contributed by atoms with E-state index >= 15 is 0 Å². The quantitative estimate of drug-likeness (QED) is 0.227. The molecule has 168 valence electrons. The topological polar surface area (TPSA) is 65.7 Å². The lowest BCUT2D eigenvalue weighted by atomic mass is 9.88. The summed E-state index contributed by atoms with van der Waals surface area (Å²) in [5.41, 5.74) is 3.92. The zero-order chi connectivity index (χ0) is 23.7. The maximum Gasteiger partial charge on any atom is 0.338 e. The number of carbonyl (C=O) groups excluding carboxylic acids is 1. The fraction of sp³-hybridized carbons (Fsp3) is 0.103. The molecule has 0 bridgehead atoms. The van der Waals surface area contributed by atoms with E-state index < -0.39 is 5.97 Å². The van der Waals surface area contributed by atoms with Crippen LogP contribution in [-0.2, 0) is 4.74 Å². The average molecular weight is 450 g/mol. The van der Waals surface area contributed by atoms with Gasteiger partial charge in [-0.3, -0.25) is 4.79 Å². The Kier molecular flexibility index (Phi) is 5.60. The van der Waals surface area contributed by atoms with E-state index in [9.17, 15) is 9.59 Å². The molecule has 0 fully saturated rings. The minimum Gasteiger partial charge on any atom is -0.497 e. The molecule has 1 aromatic heterocycles. The van der Waals surface area contributed by atoms with Crippen LogP contribution in [0.15, 0.2) is 94.1 Å². The molecule has 5 nitrogen and oxygen atoms in total. The second-order valence-electron chi connectivity index (χ2n) is 7.79. The van der Waals surface area contributed by atoms with Crippen molar-refractivity contribution in [1.29, 1.82) is 0 Å². The van der Waals surface area contributed by atoms with Gasteiger partial charge in [0.15, 0.2) is 0 Å². The standard InChI is InChI=1S/C29H22O5/c1-3-33-29(31)22-17-23-27(30)21-11-7-8-12-24(21)34-28(23)26(19-13-15-20(32-2)16-14-19)25(22)18-9-5-4-6-10-18/h4-17H,3H2,1-2H3. The zero-order valence-corrected chi connectivity index (χ0v) is 18.8. The number of para-hydroxylation sites is 1. The third kappa shape index (κ3) is 3.61. The van der Waals surface area contributed by atoms with Gasteiger partial charge in [-0.15, -0.1) is 0 Å². The Labute approximate surface area is 196 Å². The monoisotopic (exact) mass is 450 g/mol. The molecular formula is C29H22O5. The summed E-state index contributed by atoms with van der Waals surface area (Å²) in [5.74, 6) is 0.202. The number of hydrogen-bond acceptors (Lipinski definition) is 5. The highest BCUT2D eigenvalue weighted by molar-refractivity contribution is 6.12. The van der Waals surface area contributed by atoms with E-state index in [2.05, 4.69) is 0 Å². The lowest BCUT2D eigenvalue weighted by Gasteiger charge is -2.18. The van der Waals surface area contributed by atoms with E-state index in [1.54, 1.807) is 38.3 Å². The van der Waals surface area contributed by atoms with E-state index in [1.807, 2.05) is 60.7 Å². The fourth-order valence-electron chi connectivity index (χ4n) is 4.25. The van der Waals surface area contributed by atoms with Crippen LogP contribution in [0.25, 0.3) is 44.2 Å². The summed E-state index contributed by atoms with van der Waals surface area (Å²) in [4.78, 5) is 26.7. The molecule has 0 aliphatic heterocycles. The summed E-state index contributed by atoms with van der Waals surface area (Å²) in [6.45, 7) is 1.97. The van der Waals surface area contributed by atoms with Gasteiger partial charge in [0.2, 0.25) is 5.43 Å². The van der Waals surface area contributed by atoms with Gasteiger partial charge in [0.1, 0.15) is 16.9 Å². The van der Waals surface area contributed by atoms with Gasteiger partial charge in [-0.2, -0.15) is 0 Å². The summed E-state index contributed by atoms with van der Waals surface area (Å²) in [6, 6.07) is 25.8. The van der Waals surface area contributed by atoms with Gasteiger partial charge in [-0.25, -0.2) is 4.79 Å². The molecule has 5 rings (SSSR count). The summed E-state index contributed by atoms with van der Waals surface area (Å²) >= 11 is 0. The number of rotatable bonds is 5.